The molecule has 5 heteroatoms. The normalized spacial score (nSPS) is 10.5. The van der Waals surface area contributed by atoms with Crippen molar-refractivity contribution in [2.45, 2.75) is 13.3 Å². The molecule has 3 nitrogen and oxygen atoms in total. The number of benzene rings is 1. The van der Waals surface area contributed by atoms with Crippen molar-refractivity contribution in [1.82, 2.24) is 4.98 Å². The molecule has 0 aliphatic carbocycles. The molecule has 0 unspecified atom stereocenters. The zero-order chi connectivity index (χ0) is 14.2. The maximum absolute atomic E-state index is 8.99. The van der Waals surface area contributed by atoms with Crippen LogP contribution in [0.3, 0.4) is 0 Å². The zero-order valence-electron chi connectivity index (χ0n) is 11.0. The van der Waals surface area contributed by atoms with Crippen molar-refractivity contribution in [2.75, 3.05) is 19.0 Å². The Hall–Kier alpha value is -1.50. The average molecular weight is 294 g/mol. The van der Waals surface area contributed by atoms with Crippen molar-refractivity contribution in [3.63, 3.8) is 0 Å². The Kier molecular flexibility index (Phi) is 3.84. The molecular weight excluding hydrogens is 281 g/mol. The first-order valence-electron chi connectivity index (χ1n) is 5.78. The third-order valence-corrected chi connectivity index (χ3v) is 3.64. The van der Waals surface area contributed by atoms with E-state index >= 15 is 0 Å². The molecule has 1 aromatic heterocycles. The smallest absolute Gasteiger partial charge is 0.0927 e. The Labute approximate surface area is 122 Å². The van der Waals surface area contributed by atoms with E-state index in [1.165, 1.54) is 0 Å². The first-order valence-corrected chi connectivity index (χ1v) is 6.54. The van der Waals surface area contributed by atoms with Crippen LogP contribution in [-0.4, -0.2) is 19.1 Å². The predicted octanol–water partition coefficient (Wildman–Crippen LogP) is 3.98. The van der Waals surface area contributed by atoms with Gasteiger partial charge in [0.1, 0.15) is 0 Å². The highest BCUT2D eigenvalue weighted by atomic mass is 35.5. The summed E-state index contributed by atoms with van der Waals surface area (Å²) in [6.07, 6.45) is 0.297. The summed E-state index contributed by atoms with van der Waals surface area (Å²) >= 11 is 12.5. The lowest BCUT2D eigenvalue weighted by molar-refractivity contribution is 1.06. The van der Waals surface area contributed by atoms with Gasteiger partial charge in [-0.15, -0.1) is 0 Å². The summed E-state index contributed by atoms with van der Waals surface area (Å²) in [6.45, 7) is 1.89. The molecule has 0 radical (unpaired) electrons. The second-order valence-electron chi connectivity index (χ2n) is 4.51. The third kappa shape index (κ3) is 2.34. The summed E-state index contributed by atoms with van der Waals surface area (Å²) in [5.41, 5.74) is 3.29. The van der Waals surface area contributed by atoms with E-state index in [2.05, 4.69) is 11.1 Å². The highest BCUT2D eigenvalue weighted by Gasteiger charge is 2.18. The van der Waals surface area contributed by atoms with Crippen molar-refractivity contribution < 1.29 is 0 Å². The second kappa shape index (κ2) is 5.24. The van der Waals surface area contributed by atoms with Crippen LogP contribution in [0.1, 0.15) is 11.3 Å². The molecule has 0 saturated carbocycles. The predicted molar refractivity (Wildman–Crippen MR) is 80.1 cm³/mol. The van der Waals surface area contributed by atoms with Crippen LogP contribution in [0.2, 0.25) is 10.0 Å². The fraction of sp³-hybridized carbons (Fsp3) is 0.286. The van der Waals surface area contributed by atoms with Gasteiger partial charge in [-0.25, -0.2) is 0 Å². The molecule has 1 heterocycles. The number of nitriles is 1. The fourth-order valence-corrected chi connectivity index (χ4v) is 2.66. The number of hydrogen-bond donors (Lipinski definition) is 0. The molecule has 2 rings (SSSR count). The first-order chi connectivity index (χ1) is 8.97. The van der Waals surface area contributed by atoms with E-state index in [0.29, 0.717) is 22.0 Å². The second-order valence-corrected chi connectivity index (χ2v) is 5.32. The molecule has 0 amide bonds. The van der Waals surface area contributed by atoms with E-state index in [9.17, 15) is 0 Å². The first kappa shape index (κ1) is 13.9. The Morgan fingerprint density at radius 2 is 1.89 bits per heavy atom. The summed E-state index contributed by atoms with van der Waals surface area (Å²) in [5, 5.41) is 10.9. The van der Waals surface area contributed by atoms with Crippen LogP contribution in [0.25, 0.3) is 10.9 Å². The molecule has 0 N–H and O–H groups in total. The number of fused-ring (bicyclic) bond motifs is 1. The summed E-state index contributed by atoms with van der Waals surface area (Å²) in [4.78, 5) is 6.45. The van der Waals surface area contributed by atoms with Gasteiger partial charge in [0.05, 0.1) is 33.7 Å². The van der Waals surface area contributed by atoms with Crippen molar-refractivity contribution in [3.05, 3.63) is 33.4 Å². The minimum Gasteiger partial charge on any atom is -0.377 e. The molecule has 0 fully saturated rings. The number of halogens is 2. The summed E-state index contributed by atoms with van der Waals surface area (Å²) in [7, 11) is 3.85. The van der Waals surface area contributed by atoms with Gasteiger partial charge in [-0.1, -0.05) is 23.2 Å². The number of rotatable bonds is 2. The Morgan fingerprint density at radius 3 is 2.47 bits per heavy atom. The van der Waals surface area contributed by atoms with Gasteiger partial charge in [-0.3, -0.25) is 4.98 Å². The van der Waals surface area contributed by atoms with Gasteiger partial charge in [-0.2, -0.15) is 5.26 Å². The molecular formula is C14H13Cl2N3. The molecule has 0 spiro atoms. The molecule has 19 heavy (non-hydrogen) atoms. The van der Waals surface area contributed by atoms with Gasteiger partial charge in [-0.05, 0) is 19.1 Å². The van der Waals surface area contributed by atoms with E-state index in [1.54, 1.807) is 12.1 Å². The molecule has 0 atom stereocenters. The largest absolute Gasteiger partial charge is 0.377 e. The number of aromatic nitrogens is 1. The Morgan fingerprint density at radius 1 is 1.26 bits per heavy atom. The maximum Gasteiger partial charge on any atom is 0.0927 e. The average Bonchev–Trinajstić information content (AvgIpc) is 2.35. The van der Waals surface area contributed by atoms with Crippen LogP contribution in [-0.2, 0) is 6.42 Å². The van der Waals surface area contributed by atoms with Crippen molar-refractivity contribution in [3.8, 4) is 6.07 Å². The number of hydrogen-bond acceptors (Lipinski definition) is 3. The molecule has 0 aliphatic heterocycles. The summed E-state index contributed by atoms with van der Waals surface area (Å²) in [5.74, 6) is 0. The number of aryl methyl sites for hydroxylation is 1. The van der Waals surface area contributed by atoms with E-state index in [0.717, 1.165) is 22.3 Å². The van der Waals surface area contributed by atoms with E-state index in [1.807, 2.05) is 25.9 Å². The monoisotopic (exact) mass is 293 g/mol. The van der Waals surface area contributed by atoms with Gasteiger partial charge < -0.3 is 4.90 Å². The van der Waals surface area contributed by atoms with Crippen LogP contribution < -0.4 is 4.90 Å². The van der Waals surface area contributed by atoms with E-state index in [4.69, 9.17) is 28.5 Å². The molecule has 1 aromatic carbocycles. The highest BCUT2D eigenvalue weighted by molar-refractivity contribution is 6.41. The lowest BCUT2D eigenvalue weighted by Crippen LogP contribution is -2.14. The quantitative estimate of drug-likeness (QED) is 0.841. The SMILES string of the molecule is Cc1nc2c(Cl)ccc(Cl)c2c(N(C)C)c1CC#N. The maximum atomic E-state index is 8.99. The molecule has 0 aliphatic rings. The van der Waals surface area contributed by atoms with Gasteiger partial charge in [0.25, 0.3) is 0 Å². The molecule has 0 bridgehead atoms. The van der Waals surface area contributed by atoms with Crippen molar-refractivity contribution >= 4 is 39.8 Å². The van der Waals surface area contributed by atoms with Gasteiger partial charge in [0.15, 0.2) is 0 Å². The standard InChI is InChI=1S/C14H13Cl2N3/c1-8-9(6-7-17)14(19(2)3)12-10(15)4-5-11(16)13(12)18-8/h4-5H,6H2,1-3H3. The third-order valence-electron chi connectivity index (χ3n) is 3.02. The van der Waals surface area contributed by atoms with Crippen LogP contribution in [0, 0.1) is 18.3 Å². The topological polar surface area (TPSA) is 39.9 Å². The van der Waals surface area contributed by atoms with E-state index < -0.39 is 0 Å². The van der Waals surface area contributed by atoms with Crippen LogP contribution in [0.15, 0.2) is 12.1 Å². The lowest BCUT2D eigenvalue weighted by Gasteiger charge is -2.21. The van der Waals surface area contributed by atoms with Crippen LogP contribution in [0.5, 0.6) is 0 Å². The van der Waals surface area contributed by atoms with E-state index in [-0.39, 0.29) is 0 Å². The van der Waals surface area contributed by atoms with Crippen LogP contribution >= 0.6 is 23.2 Å². The Bertz CT molecular complexity index is 687. The van der Waals surface area contributed by atoms with Gasteiger partial charge in [0, 0.05) is 30.7 Å². The molecule has 2 aromatic rings. The Balaban J connectivity index is 2.99. The molecule has 0 saturated heterocycles. The minimum atomic E-state index is 0.297. The van der Waals surface area contributed by atoms with Crippen molar-refractivity contribution in [1.29, 1.82) is 5.26 Å². The lowest BCUT2D eigenvalue weighted by atomic mass is 10.0. The minimum absolute atomic E-state index is 0.297. The van der Waals surface area contributed by atoms with Gasteiger partial charge in [0.2, 0.25) is 0 Å². The fourth-order valence-electron chi connectivity index (χ4n) is 2.22. The van der Waals surface area contributed by atoms with Gasteiger partial charge >= 0.3 is 0 Å². The van der Waals surface area contributed by atoms with Crippen LogP contribution in [0.4, 0.5) is 5.69 Å². The number of nitrogens with zero attached hydrogens (tertiary/aromatic N) is 3. The summed E-state index contributed by atoms with van der Waals surface area (Å²) in [6, 6.07) is 5.67. The highest BCUT2D eigenvalue weighted by Crippen LogP contribution is 2.38. The zero-order valence-corrected chi connectivity index (χ0v) is 12.5. The summed E-state index contributed by atoms with van der Waals surface area (Å²) < 4.78 is 0. The number of anilines is 1. The van der Waals surface area contributed by atoms with Crippen molar-refractivity contribution in [2.24, 2.45) is 0 Å². The number of pyridine rings is 1. The molecule has 98 valence electrons.